The molecule has 2 fully saturated rings. The first kappa shape index (κ1) is 31.9. The highest BCUT2D eigenvalue weighted by Crippen LogP contribution is 2.49. The van der Waals surface area contributed by atoms with Gasteiger partial charge in [-0.25, -0.2) is 0 Å². The second kappa shape index (κ2) is 11.1. The van der Waals surface area contributed by atoms with E-state index in [-0.39, 0.29) is 22.8 Å². The zero-order valence-electron chi connectivity index (χ0n) is 25.1. The first-order chi connectivity index (χ1) is 16.8. The second-order valence-electron chi connectivity index (χ2n) is 13.2. The van der Waals surface area contributed by atoms with Crippen molar-refractivity contribution in [3.05, 3.63) is 0 Å². The molecule has 2 heterocycles. The predicted molar refractivity (Wildman–Crippen MR) is 146 cm³/mol. The average Bonchev–Trinajstić information content (AvgIpc) is 3.25. The summed E-state index contributed by atoms with van der Waals surface area (Å²) in [6.07, 6.45) is -0.923. The van der Waals surface area contributed by atoms with Gasteiger partial charge in [0.2, 0.25) is 0 Å². The summed E-state index contributed by atoms with van der Waals surface area (Å²) in [5.74, 6) is -3.81. The third kappa shape index (κ3) is 6.16. The van der Waals surface area contributed by atoms with Crippen LogP contribution in [0.5, 0.6) is 0 Å². The van der Waals surface area contributed by atoms with Crippen LogP contribution < -0.4 is 0 Å². The Morgan fingerprint density at radius 1 is 0.784 bits per heavy atom. The number of carbonyl (C=O) groups is 3. The summed E-state index contributed by atoms with van der Waals surface area (Å²) in [5.41, 5.74) is 0. The summed E-state index contributed by atoms with van der Waals surface area (Å²) >= 11 is 0. The topological polar surface area (TPSA) is 101 Å². The molecule has 2 aliphatic heterocycles. The second-order valence-corrected chi connectivity index (χ2v) is 22.8. The van der Waals surface area contributed by atoms with E-state index in [2.05, 4.69) is 67.7 Å². The van der Waals surface area contributed by atoms with E-state index in [9.17, 15) is 14.4 Å². The summed E-state index contributed by atoms with van der Waals surface area (Å²) in [5, 5.41) is -0.165. The number of methoxy groups -OCH3 is 2. The van der Waals surface area contributed by atoms with Crippen LogP contribution in [0, 0.1) is 11.8 Å². The van der Waals surface area contributed by atoms with Crippen LogP contribution in [0.25, 0.3) is 0 Å². The molecule has 0 radical (unpaired) electrons. The lowest BCUT2D eigenvalue weighted by atomic mass is 9.84. The van der Waals surface area contributed by atoms with Crippen LogP contribution in [0.4, 0.5) is 0 Å². The third-order valence-electron chi connectivity index (χ3n) is 8.89. The molecule has 0 saturated carbocycles. The molecule has 9 nitrogen and oxygen atoms in total. The molecule has 0 bridgehead atoms. The summed E-state index contributed by atoms with van der Waals surface area (Å²) in [6.45, 7) is 23.8. The standard InChI is InChI=1S/C26H49NO8Si2/c1-14-33-24(30)20-18(23(29)32-9)17(22(28)31-8)19-21(35-37(12,13)26(5,6)7)16(15-27(19)20)34-36(10,11)25(2,3)4/h16-21H,14-15H2,1-13H3/t16-,17-,18-,19-,20-,21+/m0/s1. The van der Waals surface area contributed by atoms with Crippen LogP contribution in [-0.4, -0.2) is 91.1 Å². The number of ether oxygens (including phenoxy) is 3. The highest BCUT2D eigenvalue weighted by Gasteiger charge is 2.67. The van der Waals surface area contributed by atoms with Gasteiger partial charge in [0.05, 0.1) is 50.9 Å². The smallest absolute Gasteiger partial charge is 0.324 e. The molecular formula is C26H49NO8Si2. The zero-order chi connectivity index (χ0) is 28.7. The van der Waals surface area contributed by atoms with E-state index >= 15 is 0 Å². The van der Waals surface area contributed by atoms with Gasteiger partial charge in [-0.2, -0.15) is 0 Å². The van der Waals surface area contributed by atoms with Crippen molar-refractivity contribution in [2.24, 2.45) is 11.8 Å². The molecule has 37 heavy (non-hydrogen) atoms. The minimum atomic E-state index is -2.37. The molecule has 0 spiro atoms. The van der Waals surface area contributed by atoms with Crippen LogP contribution in [0.15, 0.2) is 0 Å². The van der Waals surface area contributed by atoms with E-state index in [0.29, 0.717) is 6.54 Å². The average molecular weight is 560 g/mol. The summed E-state index contributed by atoms with van der Waals surface area (Å²) in [7, 11) is -2.08. The number of esters is 3. The predicted octanol–water partition coefficient (Wildman–Crippen LogP) is 3.98. The van der Waals surface area contributed by atoms with Crippen molar-refractivity contribution >= 4 is 34.5 Å². The molecule has 0 aromatic heterocycles. The largest absolute Gasteiger partial charge is 0.469 e. The van der Waals surface area contributed by atoms with Crippen molar-refractivity contribution in [3.8, 4) is 0 Å². The number of nitrogens with zero attached hydrogens (tertiary/aromatic N) is 1. The summed E-state index contributed by atoms with van der Waals surface area (Å²) in [6, 6.07) is -1.60. The van der Waals surface area contributed by atoms with E-state index in [1.54, 1.807) is 6.92 Å². The Labute approximate surface area is 225 Å². The van der Waals surface area contributed by atoms with Crippen molar-refractivity contribution in [1.82, 2.24) is 4.90 Å². The molecule has 2 aliphatic rings. The van der Waals surface area contributed by atoms with Gasteiger partial charge in [0.15, 0.2) is 16.6 Å². The fourth-order valence-corrected chi connectivity index (χ4v) is 7.48. The molecule has 6 atom stereocenters. The lowest BCUT2D eigenvalue weighted by molar-refractivity contribution is -0.162. The maximum Gasteiger partial charge on any atom is 0.324 e. The Bertz CT molecular complexity index is 864. The summed E-state index contributed by atoms with van der Waals surface area (Å²) < 4.78 is 29.6. The van der Waals surface area contributed by atoms with E-state index in [1.807, 2.05) is 4.90 Å². The van der Waals surface area contributed by atoms with E-state index in [0.717, 1.165) is 0 Å². The first-order valence-electron chi connectivity index (χ1n) is 13.2. The SMILES string of the molecule is CCOC(=O)[C@@H]1[C@@H](C(=O)OC)[C@H](C(=O)OC)[C@H]2[C@H](O[Si](C)(C)C(C)(C)C)[C@@H](O[Si](C)(C)C(C)(C)C)CN21. The van der Waals surface area contributed by atoms with Gasteiger partial charge >= 0.3 is 17.9 Å². The lowest BCUT2D eigenvalue weighted by Crippen LogP contribution is -2.55. The number of hydrogen-bond acceptors (Lipinski definition) is 9. The number of rotatable bonds is 8. The van der Waals surface area contributed by atoms with Crippen LogP contribution in [-0.2, 0) is 37.4 Å². The monoisotopic (exact) mass is 559 g/mol. The molecule has 11 heteroatoms. The molecule has 2 rings (SSSR count). The zero-order valence-corrected chi connectivity index (χ0v) is 27.1. The minimum Gasteiger partial charge on any atom is -0.469 e. The number of fused-ring (bicyclic) bond motifs is 1. The van der Waals surface area contributed by atoms with Crippen LogP contribution in [0.1, 0.15) is 48.5 Å². The van der Waals surface area contributed by atoms with Gasteiger partial charge in [0, 0.05) is 6.54 Å². The molecule has 214 valence electrons. The van der Waals surface area contributed by atoms with Gasteiger partial charge < -0.3 is 23.1 Å². The van der Waals surface area contributed by atoms with Gasteiger partial charge in [-0.05, 0) is 43.2 Å². The summed E-state index contributed by atoms with van der Waals surface area (Å²) in [4.78, 5) is 41.5. The molecule has 0 unspecified atom stereocenters. The van der Waals surface area contributed by atoms with Gasteiger partial charge in [-0.3, -0.25) is 19.3 Å². The molecule has 2 saturated heterocycles. The maximum absolute atomic E-state index is 13.3. The van der Waals surface area contributed by atoms with E-state index in [1.165, 1.54) is 14.2 Å². The fourth-order valence-electron chi connectivity index (χ4n) is 4.83. The lowest BCUT2D eigenvalue weighted by Gasteiger charge is -2.44. The maximum atomic E-state index is 13.3. The van der Waals surface area contributed by atoms with Gasteiger partial charge in [0.1, 0.15) is 6.04 Å². The van der Waals surface area contributed by atoms with Crippen LogP contribution in [0.3, 0.4) is 0 Å². The molecule has 0 aromatic rings. The molecular weight excluding hydrogens is 510 g/mol. The minimum absolute atomic E-state index is 0.0571. The third-order valence-corrected chi connectivity index (χ3v) is 17.9. The van der Waals surface area contributed by atoms with Crippen LogP contribution in [0.2, 0.25) is 36.3 Å². The Morgan fingerprint density at radius 2 is 1.24 bits per heavy atom. The normalized spacial score (nSPS) is 29.1. The molecule has 0 amide bonds. The van der Waals surface area contributed by atoms with Crippen molar-refractivity contribution in [1.29, 1.82) is 0 Å². The quantitative estimate of drug-likeness (QED) is 0.248. The Kier molecular flexibility index (Phi) is 9.56. The van der Waals surface area contributed by atoms with Gasteiger partial charge in [-0.1, -0.05) is 41.5 Å². The molecule has 0 N–H and O–H groups in total. The highest BCUT2D eigenvalue weighted by molar-refractivity contribution is 6.74. The Hall–Kier alpha value is -1.28. The van der Waals surface area contributed by atoms with Crippen molar-refractivity contribution in [2.45, 2.75) is 109 Å². The molecule has 0 aromatic carbocycles. The van der Waals surface area contributed by atoms with E-state index < -0.39 is 64.6 Å². The van der Waals surface area contributed by atoms with Crippen molar-refractivity contribution in [3.63, 3.8) is 0 Å². The molecule has 0 aliphatic carbocycles. The first-order valence-corrected chi connectivity index (χ1v) is 19.0. The van der Waals surface area contributed by atoms with Gasteiger partial charge in [-0.15, -0.1) is 0 Å². The fraction of sp³-hybridized carbons (Fsp3) is 0.885. The highest BCUT2D eigenvalue weighted by atomic mass is 28.4. The van der Waals surface area contributed by atoms with Crippen molar-refractivity contribution < 1.29 is 37.4 Å². The Morgan fingerprint density at radius 3 is 1.68 bits per heavy atom. The van der Waals surface area contributed by atoms with E-state index in [4.69, 9.17) is 23.1 Å². The Balaban J connectivity index is 2.71. The number of carbonyl (C=O) groups excluding carboxylic acids is 3. The number of hydrogen-bond donors (Lipinski definition) is 0. The van der Waals surface area contributed by atoms with Crippen LogP contribution >= 0.6 is 0 Å². The van der Waals surface area contributed by atoms with Crippen molar-refractivity contribution in [2.75, 3.05) is 27.4 Å². The van der Waals surface area contributed by atoms with Gasteiger partial charge in [0.25, 0.3) is 0 Å².